The van der Waals surface area contributed by atoms with Crippen molar-refractivity contribution < 1.29 is 19.4 Å². The van der Waals surface area contributed by atoms with Gasteiger partial charge in [0, 0.05) is 11.3 Å². The molecule has 1 aliphatic rings. The number of carbonyl (C=O) groups is 2. The van der Waals surface area contributed by atoms with Gasteiger partial charge in [-0.1, -0.05) is 48.5 Å². The second kappa shape index (κ2) is 8.21. The Balaban J connectivity index is 1.96. The molecule has 134 valence electrons. The number of para-hydroxylation sites is 1. The van der Waals surface area contributed by atoms with Gasteiger partial charge in [-0.2, -0.15) is 0 Å². The zero-order valence-corrected chi connectivity index (χ0v) is 15.2. The van der Waals surface area contributed by atoms with Crippen LogP contribution in [0.15, 0.2) is 59.5 Å². The van der Waals surface area contributed by atoms with Crippen molar-refractivity contribution >= 4 is 29.1 Å². The molecule has 26 heavy (non-hydrogen) atoms. The lowest BCUT2D eigenvalue weighted by atomic mass is 10.1. The van der Waals surface area contributed by atoms with Crippen LogP contribution in [0.25, 0.3) is 5.57 Å². The van der Waals surface area contributed by atoms with Gasteiger partial charge in [0.25, 0.3) is 11.8 Å². The fraction of sp³-hybridized carbons (Fsp3) is 0.200. The Labute approximate surface area is 156 Å². The molecular weight excluding hydrogens is 350 g/mol. The third-order valence-corrected chi connectivity index (χ3v) is 5.10. The van der Waals surface area contributed by atoms with Gasteiger partial charge in [0.05, 0.1) is 30.7 Å². The smallest absolute Gasteiger partial charge is 0.268 e. The molecule has 0 saturated carbocycles. The zero-order valence-electron chi connectivity index (χ0n) is 14.3. The van der Waals surface area contributed by atoms with E-state index in [1.165, 1.54) is 16.7 Å². The number of hydrogen-bond donors (Lipinski definition) is 1. The Morgan fingerprint density at radius 3 is 2.38 bits per heavy atom. The quantitative estimate of drug-likeness (QED) is 0.760. The summed E-state index contributed by atoms with van der Waals surface area (Å²) in [6.45, 7) is 0.0748. The number of methoxy groups -OCH3 is 1. The van der Waals surface area contributed by atoms with E-state index in [1.54, 1.807) is 13.2 Å². The van der Waals surface area contributed by atoms with Gasteiger partial charge in [-0.3, -0.25) is 14.5 Å². The molecule has 0 radical (unpaired) electrons. The molecule has 1 aliphatic heterocycles. The molecule has 2 aromatic carbocycles. The van der Waals surface area contributed by atoms with Crippen molar-refractivity contribution in [3.63, 3.8) is 0 Å². The Morgan fingerprint density at radius 2 is 1.69 bits per heavy atom. The third-order valence-electron chi connectivity index (χ3n) is 4.05. The summed E-state index contributed by atoms with van der Waals surface area (Å²) in [5, 5.41) is 9.14. The van der Waals surface area contributed by atoms with Crippen LogP contribution in [-0.4, -0.2) is 41.3 Å². The van der Waals surface area contributed by atoms with E-state index in [0.717, 1.165) is 5.56 Å². The molecule has 0 atom stereocenters. The normalized spacial score (nSPS) is 14.3. The summed E-state index contributed by atoms with van der Waals surface area (Å²) in [7, 11) is 1.56. The summed E-state index contributed by atoms with van der Waals surface area (Å²) in [5.74, 6) is 0.323. The number of benzene rings is 2. The molecule has 5 nitrogen and oxygen atoms in total. The number of thioether (sulfide) groups is 1. The first-order chi connectivity index (χ1) is 12.7. The van der Waals surface area contributed by atoms with E-state index in [9.17, 15) is 9.59 Å². The van der Waals surface area contributed by atoms with E-state index < -0.39 is 0 Å². The Morgan fingerprint density at radius 1 is 1.00 bits per heavy atom. The van der Waals surface area contributed by atoms with Gasteiger partial charge in [-0.05, 0) is 11.6 Å². The van der Waals surface area contributed by atoms with Gasteiger partial charge in [0.15, 0.2) is 0 Å². The van der Waals surface area contributed by atoms with Crippen LogP contribution in [0.2, 0.25) is 0 Å². The maximum atomic E-state index is 13.0. The van der Waals surface area contributed by atoms with E-state index in [1.807, 2.05) is 48.5 Å². The maximum absolute atomic E-state index is 13.0. The van der Waals surface area contributed by atoms with Crippen molar-refractivity contribution in [2.45, 2.75) is 6.54 Å². The van der Waals surface area contributed by atoms with E-state index in [-0.39, 0.29) is 25.0 Å². The highest BCUT2D eigenvalue weighted by Crippen LogP contribution is 2.37. The van der Waals surface area contributed by atoms with Crippen LogP contribution in [0.4, 0.5) is 0 Å². The number of aliphatic hydroxyl groups is 1. The molecule has 3 rings (SSSR count). The fourth-order valence-electron chi connectivity index (χ4n) is 2.84. The van der Waals surface area contributed by atoms with Crippen molar-refractivity contribution in [2.24, 2.45) is 0 Å². The van der Waals surface area contributed by atoms with Crippen molar-refractivity contribution in [1.82, 2.24) is 4.90 Å². The number of carbonyl (C=O) groups excluding carboxylic acids is 2. The first kappa shape index (κ1) is 18.2. The van der Waals surface area contributed by atoms with Crippen LogP contribution < -0.4 is 4.74 Å². The number of ether oxygens (including phenoxy) is 1. The number of hydrogen-bond acceptors (Lipinski definition) is 5. The minimum atomic E-state index is -0.335. The van der Waals surface area contributed by atoms with Gasteiger partial charge in [0.2, 0.25) is 0 Å². The Kier molecular flexibility index (Phi) is 5.75. The highest BCUT2D eigenvalue weighted by molar-refractivity contribution is 8.04. The van der Waals surface area contributed by atoms with Crippen LogP contribution in [-0.2, 0) is 16.1 Å². The highest BCUT2D eigenvalue weighted by atomic mass is 32.2. The lowest BCUT2D eigenvalue weighted by Crippen LogP contribution is -2.31. The molecule has 1 heterocycles. The van der Waals surface area contributed by atoms with E-state index >= 15 is 0 Å². The van der Waals surface area contributed by atoms with E-state index in [2.05, 4.69) is 0 Å². The maximum Gasteiger partial charge on any atom is 0.268 e. The molecule has 0 aliphatic carbocycles. The summed E-state index contributed by atoms with van der Waals surface area (Å²) in [6, 6.07) is 16.5. The van der Waals surface area contributed by atoms with Crippen molar-refractivity contribution in [3.8, 4) is 5.75 Å². The SMILES string of the molecule is COc1ccccc1CN1C(=O)C(SCCO)=C(c2ccccc2)C1=O. The number of rotatable bonds is 7. The predicted octanol–water partition coefficient (Wildman–Crippen LogP) is 2.70. The van der Waals surface area contributed by atoms with Crippen molar-refractivity contribution in [3.05, 3.63) is 70.6 Å². The van der Waals surface area contributed by atoms with Crippen LogP contribution >= 0.6 is 11.8 Å². The average Bonchev–Trinajstić information content (AvgIpc) is 2.91. The van der Waals surface area contributed by atoms with Gasteiger partial charge < -0.3 is 9.84 Å². The molecule has 2 amide bonds. The first-order valence-electron chi connectivity index (χ1n) is 8.18. The summed E-state index contributed by atoms with van der Waals surface area (Å²) in [4.78, 5) is 27.6. The number of aliphatic hydroxyl groups excluding tert-OH is 1. The number of imide groups is 1. The molecule has 6 heteroatoms. The summed E-state index contributed by atoms with van der Waals surface area (Å²) < 4.78 is 5.33. The molecule has 1 N–H and O–H groups in total. The monoisotopic (exact) mass is 369 g/mol. The Bertz CT molecular complexity index is 848. The van der Waals surface area contributed by atoms with Gasteiger partial charge in [-0.25, -0.2) is 0 Å². The summed E-state index contributed by atoms with van der Waals surface area (Å²) in [6.07, 6.45) is 0. The molecule has 0 saturated heterocycles. The Hall–Kier alpha value is -2.57. The second-order valence-electron chi connectivity index (χ2n) is 5.65. The lowest BCUT2D eigenvalue weighted by Gasteiger charge is -2.17. The second-order valence-corrected chi connectivity index (χ2v) is 6.76. The lowest BCUT2D eigenvalue weighted by molar-refractivity contribution is -0.137. The fourth-order valence-corrected chi connectivity index (χ4v) is 3.72. The van der Waals surface area contributed by atoms with E-state index in [4.69, 9.17) is 9.84 Å². The highest BCUT2D eigenvalue weighted by Gasteiger charge is 2.39. The zero-order chi connectivity index (χ0) is 18.5. The molecule has 2 aromatic rings. The van der Waals surface area contributed by atoms with Crippen molar-refractivity contribution in [1.29, 1.82) is 0 Å². The molecule has 0 bridgehead atoms. The van der Waals surface area contributed by atoms with Gasteiger partial charge in [-0.15, -0.1) is 11.8 Å². The third kappa shape index (κ3) is 3.52. The minimum absolute atomic E-state index is 0.0653. The van der Waals surface area contributed by atoms with Crippen LogP contribution in [0, 0.1) is 0 Å². The van der Waals surface area contributed by atoms with Crippen LogP contribution in [0.1, 0.15) is 11.1 Å². The standard InChI is InChI=1S/C20H19NO4S/c1-25-16-10-6-5-9-15(16)13-21-19(23)17(14-7-3-2-4-8-14)18(20(21)24)26-12-11-22/h2-10,22H,11-13H2,1H3. The topological polar surface area (TPSA) is 66.8 Å². The van der Waals surface area contributed by atoms with Crippen LogP contribution in [0.5, 0.6) is 5.75 Å². The molecule has 0 unspecified atom stereocenters. The van der Waals surface area contributed by atoms with Crippen molar-refractivity contribution in [2.75, 3.05) is 19.5 Å². The number of amides is 2. The largest absolute Gasteiger partial charge is 0.496 e. The van der Waals surface area contributed by atoms with E-state index in [0.29, 0.717) is 27.5 Å². The summed E-state index contributed by atoms with van der Waals surface area (Å²) in [5.41, 5.74) is 1.86. The average molecular weight is 369 g/mol. The van der Waals surface area contributed by atoms with Crippen LogP contribution in [0.3, 0.4) is 0 Å². The molecule has 0 fully saturated rings. The molecule has 0 aromatic heterocycles. The molecular formula is C20H19NO4S. The first-order valence-corrected chi connectivity index (χ1v) is 9.17. The number of nitrogens with zero attached hydrogens (tertiary/aromatic N) is 1. The minimum Gasteiger partial charge on any atom is -0.496 e. The molecule has 0 spiro atoms. The predicted molar refractivity (Wildman–Crippen MR) is 101 cm³/mol. The van der Waals surface area contributed by atoms with Gasteiger partial charge in [0.1, 0.15) is 5.75 Å². The summed E-state index contributed by atoms with van der Waals surface area (Å²) >= 11 is 1.21. The van der Waals surface area contributed by atoms with Gasteiger partial charge >= 0.3 is 0 Å².